The van der Waals surface area contributed by atoms with Crippen LogP contribution in [0.1, 0.15) is 79.7 Å². The van der Waals surface area contributed by atoms with E-state index in [0.29, 0.717) is 40.2 Å². The van der Waals surface area contributed by atoms with Gasteiger partial charge in [0.25, 0.3) is 11.9 Å². The number of halogens is 1. The summed E-state index contributed by atoms with van der Waals surface area (Å²) in [6, 6.07) is 17.6. The van der Waals surface area contributed by atoms with Gasteiger partial charge in [-0.05, 0) is 95.7 Å². The predicted molar refractivity (Wildman–Crippen MR) is 205 cm³/mol. The fraction of sp³-hybridized carbons (Fsp3) is 0.395. The molecule has 0 aliphatic carbocycles. The van der Waals surface area contributed by atoms with Crippen molar-refractivity contribution < 1.29 is 26.9 Å². The second kappa shape index (κ2) is 14.8. The van der Waals surface area contributed by atoms with Gasteiger partial charge in [-0.1, -0.05) is 33.8 Å². The van der Waals surface area contributed by atoms with Crippen molar-refractivity contribution in [2.45, 2.75) is 65.5 Å². The average molecular weight is 749 g/mol. The summed E-state index contributed by atoms with van der Waals surface area (Å²) in [5, 5.41) is 7.77. The molecule has 1 aliphatic rings. The molecule has 2 aromatic heterocycles. The minimum absolute atomic E-state index is 0.0344. The van der Waals surface area contributed by atoms with Crippen LogP contribution in [0, 0.1) is 5.82 Å². The summed E-state index contributed by atoms with van der Waals surface area (Å²) in [4.78, 5) is 22.9. The first-order chi connectivity index (χ1) is 24.5. The highest BCUT2D eigenvalue weighted by Crippen LogP contribution is 2.37. The number of anilines is 3. The molecule has 5 aromatic rings. The van der Waals surface area contributed by atoms with Gasteiger partial charge in [0.2, 0.25) is 15.9 Å². The summed E-state index contributed by atoms with van der Waals surface area (Å²) in [5.74, 6) is 1.33. The lowest BCUT2D eigenvalue weighted by molar-refractivity contribution is 0.103. The Morgan fingerprint density at radius 3 is 2.38 bits per heavy atom. The van der Waals surface area contributed by atoms with Crippen molar-refractivity contribution in [3.63, 3.8) is 0 Å². The number of nitrogens with zero attached hydrogens (tertiary/aromatic N) is 4. The first-order valence-corrected chi connectivity index (χ1v) is 20.0. The summed E-state index contributed by atoms with van der Waals surface area (Å²) in [5.41, 5.74) is 2.82. The third-order valence-electron chi connectivity index (χ3n) is 8.97. The molecule has 276 valence electrons. The van der Waals surface area contributed by atoms with Crippen molar-refractivity contribution in [2.75, 3.05) is 47.4 Å². The van der Waals surface area contributed by atoms with Crippen molar-refractivity contribution in [1.29, 1.82) is 0 Å². The van der Waals surface area contributed by atoms with E-state index in [1.807, 2.05) is 47.6 Å². The maximum absolute atomic E-state index is 15.3. The Labute approximate surface area is 308 Å². The molecular formula is C38H45FN6O5S2. The highest BCUT2D eigenvalue weighted by Gasteiger charge is 2.28. The highest BCUT2D eigenvalue weighted by atomic mass is 32.2. The minimum atomic E-state index is -3.44. The molecule has 0 radical (unpaired) electrons. The SMILES string of the molecule is CC(C)Oc1cc(CN2CCN(c3noc(C(C)C)n3)CC2)cc(C(C)(C)c2cc(F)cc(NC(=O)c3cc4cc(NS(C)(=O)=O)ccc4s3)c2)c1. The molecule has 0 unspecified atom stereocenters. The first kappa shape index (κ1) is 37.2. The maximum atomic E-state index is 15.3. The van der Waals surface area contributed by atoms with Crippen LogP contribution in [-0.4, -0.2) is 67.9 Å². The molecule has 11 nitrogen and oxygen atoms in total. The third kappa shape index (κ3) is 8.91. The van der Waals surface area contributed by atoms with E-state index < -0.39 is 21.3 Å². The summed E-state index contributed by atoms with van der Waals surface area (Å²) in [6.45, 7) is 16.0. The molecule has 1 amide bonds. The van der Waals surface area contributed by atoms with E-state index >= 15 is 4.39 Å². The Morgan fingerprint density at radius 1 is 0.981 bits per heavy atom. The lowest BCUT2D eigenvalue weighted by Crippen LogP contribution is -2.46. The molecule has 52 heavy (non-hydrogen) atoms. The molecule has 6 rings (SSSR count). The Bertz CT molecular complexity index is 2190. The second-order valence-corrected chi connectivity index (χ2v) is 17.3. The van der Waals surface area contributed by atoms with Gasteiger partial charge in [-0.3, -0.25) is 14.4 Å². The Kier molecular flexibility index (Phi) is 10.6. The van der Waals surface area contributed by atoms with Gasteiger partial charge in [-0.15, -0.1) is 11.3 Å². The monoisotopic (exact) mass is 748 g/mol. The maximum Gasteiger partial charge on any atom is 0.266 e. The van der Waals surface area contributed by atoms with Crippen LogP contribution in [0.2, 0.25) is 0 Å². The highest BCUT2D eigenvalue weighted by molar-refractivity contribution is 7.92. The van der Waals surface area contributed by atoms with Crippen molar-refractivity contribution in [2.24, 2.45) is 0 Å². The van der Waals surface area contributed by atoms with Gasteiger partial charge >= 0.3 is 0 Å². The summed E-state index contributed by atoms with van der Waals surface area (Å²) < 4.78 is 53.5. The number of piperazine rings is 1. The normalized spacial score (nSPS) is 14.4. The van der Waals surface area contributed by atoms with Crippen LogP contribution in [0.5, 0.6) is 5.75 Å². The standard InChI is InChI=1S/C38H45FN6O5S2/c1-23(2)36-41-37(42-50-36)45-12-10-44(11-13-45)22-25-14-27(20-32(15-25)49-24(3)4)38(5,6)28-18-29(39)21-31(19-28)40-35(46)34-17-26-16-30(43-52(7,47)48)8-9-33(26)51-34/h8-9,14-21,23-24,43H,10-13,22H2,1-7H3,(H,40,46). The quantitative estimate of drug-likeness (QED) is 0.133. The smallest absolute Gasteiger partial charge is 0.266 e. The van der Waals surface area contributed by atoms with Gasteiger partial charge < -0.3 is 19.5 Å². The molecule has 3 heterocycles. The first-order valence-electron chi connectivity index (χ1n) is 17.3. The second-order valence-electron chi connectivity index (χ2n) is 14.4. The van der Waals surface area contributed by atoms with Crippen LogP contribution < -0.4 is 19.7 Å². The number of carbonyl (C=O) groups is 1. The van der Waals surface area contributed by atoms with Crippen molar-refractivity contribution >= 4 is 54.7 Å². The van der Waals surface area contributed by atoms with Gasteiger partial charge in [-0.2, -0.15) is 4.98 Å². The molecule has 14 heteroatoms. The van der Waals surface area contributed by atoms with Crippen molar-refractivity contribution in [1.82, 2.24) is 15.0 Å². The van der Waals surface area contributed by atoms with Gasteiger partial charge in [-0.25, -0.2) is 12.8 Å². The minimum Gasteiger partial charge on any atom is -0.491 e. The van der Waals surface area contributed by atoms with E-state index in [9.17, 15) is 13.2 Å². The van der Waals surface area contributed by atoms with Gasteiger partial charge in [0.15, 0.2) is 0 Å². The van der Waals surface area contributed by atoms with Crippen molar-refractivity contribution in [3.05, 3.63) is 93.9 Å². The lowest BCUT2D eigenvalue weighted by Gasteiger charge is -2.34. The zero-order chi connectivity index (χ0) is 37.4. The number of hydrogen-bond donors (Lipinski definition) is 2. The fourth-order valence-corrected chi connectivity index (χ4v) is 7.72. The number of thiophene rings is 1. The number of aromatic nitrogens is 2. The molecule has 2 N–H and O–H groups in total. The fourth-order valence-electron chi connectivity index (χ4n) is 6.22. The number of rotatable bonds is 12. The topological polar surface area (TPSA) is 130 Å². The van der Waals surface area contributed by atoms with Crippen LogP contribution >= 0.6 is 11.3 Å². The van der Waals surface area contributed by atoms with E-state index in [0.717, 1.165) is 59.4 Å². The van der Waals surface area contributed by atoms with Gasteiger partial charge in [0, 0.05) is 60.1 Å². The number of hydrogen-bond acceptors (Lipinski definition) is 10. The molecule has 0 spiro atoms. The van der Waals surface area contributed by atoms with Crippen LogP contribution in [0.25, 0.3) is 10.1 Å². The van der Waals surface area contributed by atoms with Crippen LogP contribution in [0.3, 0.4) is 0 Å². The number of carbonyl (C=O) groups excluding carboxylic acids is 1. The van der Waals surface area contributed by atoms with Gasteiger partial charge in [0.1, 0.15) is 11.6 Å². The molecular weight excluding hydrogens is 704 g/mol. The van der Waals surface area contributed by atoms with Crippen LogP contribution in [0.15, 0.2) is 65.2 Å². The number of fused-ring (bicyclic) bond motifs is 1. The number of ether oxygens (including phenoxy) is 1. The van der Waals surface area contributed by atoms with Gasteiger partial charge in [0.05, 0.1) is 17.2 Å². The average Bonchev–Trinajstić information content (AvgIpc) is 3.72. The van der Waals surface area contributed by atoms with E-state index in [4.69, 9.17) is 9.26 Å². The predicted octanol–water partition coefficient (Wildman–Crippen LogP) is 7.61. The number of benzene rings is 3. The molecule has 0 bridgehead atoms. The Morgan fingerprint density at radius 2 is 1.71 bits per heavy atom. The van der Waals surface area contributed by atoms with Crippen molar-refractivity contribution in [3.8, 4) is 5.75 Å². The molecule has 0 saturated carbocycles. The van der Waals surface area contributed by atoms with Crippen LogP contribution in [0.4, 0.5) is 21.7 Å². The number of sulfonamides is 1. The molecule has 1 fully saturated rings. The number of amides is 1. The summed E-state index contributed by atoms with van der Waals surface area (Å²) >= 11 is 1.27. The summed E-state index contributed by atoms with van der Waals surface area (Å²) in [6.07, 6.45) is 1.05. The van der Waals surface area contributed by atoms with E-state index in [2.05, 4.69) is 42.1 Å². The largest absolute Gasteiger partial charge is 0.491 e. The Hall–Kier alpha value is -4.53. The molecule has 1 aliphatic heterocycles. The zero-order valence-corrected chi connectivity index (χ0v) is 32.1. The lowest BCUT2D eigenvalue weighted by atomic mass is 9.77. The zero-order valence-electron chi connectivity index (χ0n) is 30.5. The van der Waals surface area contributed by atoms with E-state index in [1.54, 1.807) is 30.3 Å². The molecule has 1 saturated heterocycles. The van der Waals surface area contributed by atoms with Crippen LogP contribution in [-0.2, 0) is 22.0 Å². The van der Waals surface area contributed by atoms with E-state index in [1.165, 1.54) is 23.5 Å². The third-order valence-corrected chi connectivity index (χ3v) is 10.7. The summed E-state index contributed by atoms with van der Waals surface area (Å²) in [7, 11) is -3.44. The number of nitrogens with one attached hydrogen (secondary N) is 2. The Balaban J connectivity index is 1.20. The molecule has 3 aromatic carbocycles. The molecule has 0 atom stereocenters. The van der Waals surface area contributed by atoms with E-state index in [-0.39, 0.29) is 17.9 Å².